The molecule has 1 aromatic heterocycles. The number of carbonyl (C=O) groups excluding carboxylic acids is 1. The maximum atomic E-state index is 14.2. The predicted octanol–water partition coefficient (Wildman–Crippen LogP) is 5.33. The van der Waals surface area contributed by atoms with Gasteiger partial charge in [-0.05, 0) is 42.3 Å². The number of carbonyl (C=O) groups is 1. The van der Waals surface area contributed by atoms with Crippen LogP contribution in [-0.2, 0) is 6.42 Å². The van der Waals surface area contributed by atoms with Gasteiger partial charge in [-0.25, -0.2) is 13.2 Å². The lowest BCUT2D eigenvalue weighted by Crippen LogP contribution is -2.26. The van der Waals surface area contributed by atoms with Crippen LogP contribution < -0.4 is 24.8 Å². The molecule has 0 radical (unpaired) electrons. The summed E-state index contributed by atoms with van der Waals surface area (Å²) in [6.07, 6.45) is 1.83. The molecule has 0 bridgehead atoms. The van der Waals surface area contributed by atoms with E-state index < -0.39 is 23.4 Å². The average molecular weight is 499 g/mol. The van der Waals surface area contributed by atoms with E-state index in [1.165, 1.54) is 45.6 Å². The minimum absolute atomic E-state index is 0.142. The van der Waals surface area contributed by atoms with Gasteiger partial charge in [-0.3, -0.25) is 4.79 Å². The van der Waals surface area contributed by atoms with Crippen LogP contribution in [0.25, 0.3) is 10.9 Å². The summed E-state index contributed by atoms with van der Waals surface area (Å²) >= 11 is 0. The highest BCUT2D eigenvalue weighted by atomic mass is 19.2. The van der Waals surface area contributed by atoms with Crippen molar-refractivity contribution in [3.63, 3.8) is 0 Å². The van der Waals surface area contributed by atoms with E-state index in [2.05, 4.69) is 15.6 Å². The third-order valence-corrected chi connectivity index (χ3v) is 5.67. The van der Waals surface area contributed by atoms with Crippen molar-refractivity contribution in [2.75, 3.05) is 33.2 Å². The average Bonchev–Trinajstić information content (AvgIpc) is 3.29. The number of amides is 1. The first-order valence-corrected chi connectivity index (χ1v) is 10.9. The monoisotopic (exact) mass is 499 g/mol. The van der Waals surface area contributed by atoms with Crippen LogP contribution in [0.3, 0.4) is 0 Å². The number of hydrogen-bond donors (Lipinski definition) is 3. The van der Waals surface area contributed by atoms with Crippen LogP contribution in [0.1, 0.15) is 15.9 Å². The number of fused-ring (bicyclic) bond motifs is 1. The maximum Gasteiger partial charge on any atom is 0.253 e. The highest BCUT2D eigenvalue weighted by Crippen LogP contribution is 2.41. The number of nitrogens with one attached hydrogen (secondary N) is 3. The summed E-state index contributed by atoms with van der Waals surface area (Å²) in [6.45, 7) is 0.142. The van der Waals surface area contributed by atoms with E-state index in [4.69, 9.17) is 14.2 Å². The van der Waals surface area contributed by atoms with Crippen LogP contribution in [0, 0.1) is 17.5 Å². The molecule has 1 amide bonds. The molecule has 0 atom stereocenters. The molecule has 10 heteroatoms. The molecule has 0 fully saturated rings. The molecule has 0 spiro atoms. The van der Waals surface area contributed by atoms with Crippen molar-refractivity contribution in [3.8, 4) is 17.2 Å². The number of hydrogen-bond acceptors (Lipinski definition) is 5. The Morgan fingerprint density at radius 1 is 0.944 bits per heavy atom. The summed E-state index contributed by atoms with van der Waals surface area (Å²) in [5.74, 6) is -1.76. The van der Waals surface area contributed by atoms with Gasteiger partial charge in [0.05, 0.1) is 32.6 Å². The molecule has 188 valence electrons. The minimum Gasteiger partial charge on any atom is -0.493 e. The molecular weight excluding hydrogens is 475 g/mol. The van der Waals surface area contributed by atoms with Gasteiger partial charge < -0.3 is 29.8 Å². The highest BCUT2D eigenvalue weighted by Gasteiger charge is 2.18. The molecule has 7 nitrogen and oxygen atoms in total. The fourth-order valence-electron chi connectivity index (χ4n) is 3.95. The van der Waals surface area contributed by atoms with Crippen molar-refractivity contribution in [1.82, 2.24) is 10.3 Å². The second-order valence-electron chi connectivity index (χ2n) is 7.83. The molecular formula is C26H24F3N3O4. The van der Waals surface area contributed by atoms with Crippen LogP contribution >= 0.6 is 0 Å². The number of halogens is 3. The second-order valence-corrected chi connectivity index (χ2v) is 7.83. The summed E-state index contributed by atoms with van der Waals surface area (Å²) in [7, 11) is 4.41. The van der Waals surface area contributed by atoms with E-state index in [0.29, 0.717) is 34.0 Å². The normalized spacial score (nSPS) is 10.8. The van der Waals surface area contributed by atoms with E-state index in [0.717, 1.165) is 6.07 Å². The molecule has 0 aliphatic carbocycles. The number of methoxy groups -OCH3 is 3. The SMILES string of the molecule is COc1cc(Nc2cc(F)ccc2C(=O)NCCc2c[nH]c3ccc(F)c(F)c23)cc(OC)c1OC. The lowest BCUT2D eigenvalue weighted by atomic mass is 10.1. The number of rotatable bonds is 9. The van der Waals surface area contributed by atoms with Gasteiger partial charge in [-0.2, -0.15) is 0 Å². The summed E-state index contributed by atoms with van der Waals surface area (Å²) in [5, 5.41) is 5.92. The van der Waals surface area contributed by atoms with Crippen LogP contribution in [0.4, 0.5) is 24.5 Å². The zero-order valence-electron chi connectivity index (χ0n) is 19.8. The molecule has 0 aliphatic heterocycles. The predicted molar refractivity (Wildman–Crippen MR) is 130 cm³/mol. The van der Waals surface area contributed by atoms with Crippen molar-refractivity contribution in [3.05, 3.63) is 77.2 Å². The summed E-state index contributed by atoms with van der Waals surface area (Å²) in [4.78, 5) is 15.8. The quantitative estimate of drug-likeness (QED) is 0.290. The van der Waals surface area contributed by atoms with Gasteiger partial charge in [-0.15, -0.1) is 0 Å². The number of aromatic nitrogens is 1. The third-order valence-electron chi connectivity index (χ3n) is 5.67. The van der Waals surface area contributed by atoms with E-state index >= 15 is 0 Å². The Labute approximate surface area is 205 Å². The van der Waals surface area contributed by atoms with E-state index in [-0.39, 0.29) is 29.6 Å². The van der Waals surface area contributed by atoms with Crippen LogP contribution in [-0.4, -0.2) is 38.8 Å². The minimum atomic E-state index is -0.943. The molecule has 4 rings (SSSR count). The fraction of sp³-hybridized carbons (Fsp3) is 0.192. The zero-order valence-corrected chi connectivity index (χ0v) is 19.8. The molecule has 3 aromatic carbocycles. The highest BCUT2D eigenvalue weighted by molar-refractivity contribution is 6.00. The first-order chi connectivity index (χ1) is 17.4. The number of aromatic amines is 1. The molecule has 0 saturated carbocycles. The first kappa shape index (κ1) is 24.8. The van der Waals surface area contributed by atoms with Crippen LogP contribution in [0.15, 0.2) is 48.7 Å². The van der Waals surface area contributed by atoms with Gasteiger partial charge in [0.1, 0.15) is 5.82 Å². The molecule has 0 unspecified atom stereocenters. The second kappa shape index (κ2) is 10.5. The van der Waals surface area contributed by atoms with Crippen molar-refractivity contribution in [1.29, 1.82) is 0 Å². The maximum absolute atomic E-state index is 14.2. The molecule has 0 aliphatic rings. The van der Waals surface area contributed by atoms with E-state index in [9.17, 15) is 18.0 Å². The van der Waals surface area contributed by atoms with Crippen molar-refractivity contribution in [2.24, 2.45) is 0 Å². The Hall–Kier alpha value is -4.34. The van der Waals surface area contributed by atoms with Gasteiger partial charge in [0.2, 0.25) is 5.75 Å². The Morgan fingerprint density at radius 2 is 1.67 bits per heavy atom. The first-order valence-electron chi connectivity index (χ1n) is 10.9. The van der Waals surface area contributed by atoms with Crippen molar-refractivity contribution in [2.45, 2.75) is 6.42 Å². The molecule has 1 heterocycles. The smallest absolute Gasteiger partial charge is 0.253 e. The topological polar surface area (TPSA) is 84.6 Å². The zero-order chi connectivity index (χ0) is 25.8. The summed E-state index contributed by atoms with van der Waals surface area (Å²) < 4.78 is 58.0. The molecule has 3 N–H and O–H groups in total. The largest absolute Gasteiger partial charge is 0.493 e. The van der Waals surface area contributed by atoms with Gasteiger partial charge in [0, 0.05) is 41.5 Å². The lowest BCUT2D eigenvalue weighted by molar-refractivity contribution is 0.0955. The Morgan fingerprint density at radius 3 is 2.33 bits per heavy atom. The Bertz CT molecular complexity index is 1400. The van der Waals surface area contributed by atoms with Gasteiger partial charge in [0.25, 0.3) is 5.91 Å². The van der Waals surface area contributed by atoms with Crippen LogP contribution in [0.5, 0.6) is 17.2 Å². The van der Waals surface area contributed by atoms with Gasteiger partial charge in [0.15, 0.2) is 23.1 Å². The van der Waals surface area contributed by atoms with Crippen molar-refractivity contribution >= 4 is 28.2 Å². The summed E-state index contributed by atoms with van der Waals surface area (Å²) in [5.41, 5.74) is 1.85. The Kier molecular flexibility index (Phi) is 7.23. The molecule has 0 saturated heterocycles. The Balaban J connectivity index is 1.53. The van der Waals surface area contributed by atoms with Gasteiger partial charge in [-0.1, -0.05) is 0 Å². The lowest BCUT2D eigenvalue weighted by Gasteiger charge is -2.17. The number of ether oxygens (including phenoxy) is 3. The number of benzene rings is 3. The van der Waals surface area contributed by atoms with Gasteiger partial charge >= 0.3 is 0 Å². The fourth-order valence-corrected chi connectivity index (χ4v) is 3.95. The standard InChI is InChI=1S/C26H24F3N3O4/c1-34-21-11-16(12-22(35-2)25(21)36-3)32-20-10-15(27)4-5-17(20)26(33)30-9-8-14-13-31-19-7-6-18(28)24(29)23(14)19/h4-7,10-13,31-32H,8-9H2,1-3H3,(H,30,33). The third kappa shape index (κ3) is 4.88. The van der Waals surface area contributed by atoms with E-state index in [1.807, 2.05) is 0 Å². The van der Waals surface area contributed by atoms with Crippen LogP contribution in [0.2, 0.25) is 0 Å². The summed E-state index contributed by atoms with van der Waals surface area (Å²) in [6, 6.07) is 9.47. The van der Waals surface area contributed by atoms with E-state index in [1.54, 1.807) is 18.3 Å². The molecule has 4 aromatic rings. The number of H-pyrrole nitrogens is 1. The number of anilines is 2. The molecule has 36 heavy (non-hydrogen) atoms. The van der Waals surface area contributed by atoms with Crippen molar-refractivity contribution < 1.29 is 32.2 Å².